The van der Waals surface area contributed by atoms with E-state index in [1.807, 2.05) is 78.2 Å². The van der Waals surface area contributed by atoms with Crippen LogP contribution in [0.15, 0.2) is 0 Å². The summed E-state index contributed by atoms with van der Waals surface area (Å²) in [5.74, 6) is 1.78. The highest BCUT2D eigenvalue weighted by Gasteiger charge is 2.48. The summed E-state index contributed by atoms with van der Waals surface area (Å²) in [5, 5.41) is 0. The fourth-order valence-electron chi connectivity index (χ4n) is 28.7. The highest BCUT2D eigenvalue weighted by molar-refractivity contribution is 5.03. The van der Waals surface area contributed by atoms with Crippen molar-refractivity contribution in [3.63, 3.8) is 0 Å². The molecule has 11 aliphatic carbocycles. The van der Waals surface area contributed by atoms with Gasteiger partial charge in [-0.2, -0.15) is 0 Å². The number of hydrogen-bond donors (Lipinski definition) is 0. The molecule has 0 radical (unpaired) electrons. The normalized spacial score (nSPS) is 39.7. The van der Waals surface area contributed by atoms with E-state index < -0.39 is 0 Å². The zero-order chi connectivity index (χ0) is 108. The Hall–Kier alpha value is -1.04. The van der Waals surface area contributed by atoms with Crippen molar-refractivity contribution in [2.24, 2.45) is 28.1 Å². The van der Waals surface area contributed by atoms with Gasteiger partial charge < -0.3 is 71.7 Å². The van der Waals surface area contributed by atoms with Gasteiger partial charge in [0, 0.05) is 286 Å². The highest BCUT2D eigenvalue weighted by atomic mass is 16.5. The quantitative estimate of drug-likeness (QED) is 0.101. The molecule has 11 heterocycles. The van der Waals surface area contributed by atoms with Crippen molar-refractivity contribution in [2.45, 2.75) is 504 Å². The van der Waals surface area contributed by atoms with Crippen LogP contribution in [-0.4, -0.2) is 507 Å². The molecule has 26 nitrogen and oxygen atoms in total. The number of likely N-dealkylation sites (N-methyl/N-ethyl adjacent to an activating group) is 4. The number of piperidine rings is 7. The van der Waals surface area contributed by atoms with E-state index in [1.54, 1.807) is 0 Å². The lowest BCUT2D eigenvalue weighted by atomic mass is 9.73. The lowest BCUT2D eigenvalue weighted by Gasteiger charge is -2.51. The van der Waals surface area contributed by atoms with Crippen LogP contribution < -0.4 is 0 Å². The maximum Gasteiger partial charge on any atom is 0.0601 e. The molecule has 0 N–H and O–H groups in total. The zero-order valence-electron chi connectivity index (χ0n) is 103. The van der Waals surface area contributed by atoms with Gasteiger partial charge in [-0.15, -0.1) is 0 Å². The van der Waals surface area contributed by atoms with E-state index in [2.05, 4.69) is 199 Å². The topological polar surface area (TPSA) is 150 Å². The minimum atomic E-state index is 0.330. The maximum atomic E-state index is 5.35. The SMILES string of the molecule is COC1CC(N2CCCC(C)(C)C2)C1.COC1CC(N2CCCC(C)(C)C2)C1.COC1CC(N2CCCCC2)C1.COC1CC(N2CCCC[C@@H]2C)C1.COC1CC(N2CCCC[C@H]2C)C1.COC1CC(N2CCC[C@H](C)C2)C1.COC1CC(N2CCN(C)C(C)(C)C2)C1.COC1CC(N2CCN(C)CC2)C1.COC1CC(N2CCN(C)C[C@@H]2C)C1.COC1CC(N2CCN(C)[C@H](C)C2)C1.COC1CC(N2CC[C@@H](C)C(C)(C)C2)C1. The van der Waals surface area contributed by atoms with Gasteiger partial charge in [0.25, 0.3) is 0 Å². The molecule has 22 rings (SSSR count). The van der Waals surface area contributed by atoms with E-state index in [1.165, 1.54) is 408 Å². The smallest absolute Gasteiger partial charge is 0.0601 e. The lowest BCUT2D eigenvalue weighted by Crippen LogP contribution is -2.62. The molecule has 0 aromatic heterocycles. The third kappa shape index (κ3) is 38.6. The minimum Gasteiger partial charge on any atom is -0.381 e. The first-order valence-corrected chi connectivity index (χ1v) is 62.6. The second-order valence-corrected chi connectivity index (χ2v) is 55.2. The molecule has 11 saturated heterocycles. The fourth-order valence-corrected chi connectivity index (χ4v) is 28.7. The molecule has 878 valence electrons. The Balaban J connectivity index is 0.000000146. The molecule has 22 aliphatic rings. The molecular weight excluding hydrogens is 1880 g/mol. The Morgan fingerprint density at radius 1 is 0.207 bits per heavy atom. The number of piperazine rings is 4. The largest absolute Gasteiger partial charge is 0.381 e. The third-order valence-electron chi connectivity index (χ3n) is 42.2. The van der Waals surface area contributed by atoms with Gasteiger partial charge in [0.15, 0.2) is 0 Å². The van der Waals surface area contributed by atoms with Crippen LogP contribution in [0.3, 0.4) is 0 Å². The molecule has 0 aromatic carbocycles. The van der Waals surface area contributed by atoms with E-state index in [9.17, 15) is 0 Å². The van der Waals surface area contributed by atoms with Crippen molar-refractivity contribution in [3.05, 3.63) is 0 Å². The average molecular weight is 2120 g/mol. The summed E-state index contributed by atoms with van der Waals surface area (Å²) in [4.78, 5) is 39.1. The van der Waals surface area contributed by atoms with Gasteiger partial charge in [-0.1, -0.05) is 74.7 Å². The monoisotopic (exact) mass is 2120 g/mol. The van der Waals surface area contributed by atoms with Crippen molar-refractivity contribution in [1.82, 2.24) is 73.5 Å². The molecule has 0 aromatic rings. The van der Waals surface area contributed by atoms with Crippen LogP contribution in [0.1, 0.15) is 341 Å². The Morgan fingerprint density at radius 2 is 0.500 bits per heavy atom. The van der Waals surface area contributed by atoms with Crippen LogP contribution in [-0.2, 0) is 52.1 Å². The summed E-state index contributed by atoms with van der Waals surface area (Å²) in [5.41, 5.74) is 1.90. The van der Waals surface area contributed by atoms with E-state index in [0.717, 1.165) is 96.4 Å². The highest BCUT2D eigenvalue weighted by Crippen LogP contribution is 2.44. The predicted octanol–water partition coefficient (Wildman–Crippen LogP) is 17.9. The molecule has 22 fully saturated rings. The first kappa shape index (κ1) is 127. The summed E-state index contributed by atoms with van der Waals surface area (Å²) in [6, 6.07) is 12.1. The molecule has 0 bridgehead atoms. The van der Waals surface area contributed by atoms with Gasteiger partial charge in [-0.3, -0.25) is 53.9 Å². The molecule has 0 unspecified atom stereocenters. The number of hydrogen-bond acceptors (Lipinski definition) is 26. The van der Waals surface area contributed by atoms with E-state index in [0.29, 0.717) is 95.0 Å². The maximum absolute atomic E-state index is 5.35. The number of likely N-dealkylation sites (tertiary alicyclic amines) is 7. The molecule has 0 amide bonds. The minimum absolute atomic E-state index is 0.330. The standard InChI is InChI=1S/C13H25NO.C12H24N2O.2C12H23NO.2C11H22N2O.3C11H21NO.C10H20N2O.C10H19NO/c1-10-5-6-14(9-13(10,2)3)11-7-12(8-11)15-4;1-12(2)9-14(6-5-13(12)3)10-7-11(8-10)15-4;2*1-12(2)5-4-6-13(9-12)10-7-11(8-10)14-3;1-9-8-13(5-4-12(9)2)10-6-11(7-10)14-3;1-9-8-12(2)4-5-13(9)10-6-11(7-10)14-3;1-9-4-3-5-12(8-9)10-6-11(7-10)13-2;2*1-9-5-3-4-6-12(9)10-7-11(8-10)13-2;1-11-3-5-12(6-4-11)9-7-10(8-9)13-2;1-12-10-7-9(8-10)11-5-3-2-4-6-11/h10-12H,5-9H2,1-4H3;10-11H,5-9H2,1-4H3;2*10-11H,4-9H2,1-3H3;2*9-11H,4-8H2,1-3H3;3*9-11H,3-8H2,1-2H3;9-10H,3-8H2,1-2H3;9-10H,2-8H2,1H3/t10-,11?,12?;;;;5*9-,10?,11?;;/m1...10010../s1. The van der Waals surface area contributed by atoms with Gasteiger partial charge in [0.2, 0.25) is 0 Å². The van der Waals surface area contributed by atoms with Crippen LogP contribution in [0, 0.1) is 28.1 Å². The Morgan fingerprint density at radius 3 is 0.833 bits per heavy atom. The number of ether oxygens (including phenoxy) is 11. The summed E-state index contributed by atoms with van der Waals surface area (Å²) in [6.45, 7) is 64.9. The Bertz CT molecular complexity index is 3450. The molecule has 6 atom stereocenters. The Kier molecular flexibility index (Phi) is 53.2. The van der Waals surface area contributed by atoms with Crippen LogP contribution >= 0.6 is 0 Å². The van der Waals surface area contributed by atoms with Gasteiger partial charge in [-0.25, -0.2) is 0 Å². The molecule has 0 spiro atoms. The van der Waals surface area contributed by atoms with Crippen LogP contribution in [0.4, 0.5) is 0 Å². The van der Waals surface area contributed by atoms with Crippen molar-refractivity contribution in [2.75, 3.05) is 270 Å². The van der Waals surface area contributed by atoms with Gasteiger partial charge >= 0.3 is 0 Å². The second-order valence-electron chi connectivity index (χ2n) is 55.2. The van der Waals surface area contributed by atoms with Crippen LogP contribution in [0.2, 0.25) is 0 Å². The van der Waals surface area contributed by atoms with E-state index in [-0.39, 0.29) is 0 Å². The number of rotatable bonds is 22. The molecule has 11 aliphatic heterocycles. The third-order valence-corrected chi connectivity index (χ3v) is 42.2. The number of methoxy groups -OCH3 is 11. The number of nitrogens with zero attached hydrogens (tertiary/aromatic N) is 15. The zero-order valence-corrected chi connectivity index (χ0v) is 103. The average Bonchev–Trinajstić information content (AvgIpc) is 0.789. The van der Waals surface area contributed by atoms with Crippen LogP contribution in [0.5, 0.6) is 0 Å². The summed E-state index contributed by atoms with van der Waals surface area (Å²) >= 11 is 0. The Labute approximate surface area is 922 Å². The lowest BCUT2D eigenvalue weighted by molar-refractivity contribution is -0.0620. The second kappa shape index (κ2) is 62.6. The molecule has 150 heavy (non-hydrogen) atoms. The van der Waals surface area contributed by atoms with Crippen molar-refractivity contribution >= 4 is 0 Å². The van der Waals surface area contributed by atoms with Crippen molar-refractivity contribution in [1.29, 1.82) is 0 Å². The van der Waals surface area contributed by atoms with Crippen molar-refractivity contribution < 1.29 is 52.1 Å². The molecular formula is C124H241N15O11. The summed E-state index contributed by atoms with van der Waals surface area (Å²) in [7, 11) is 29.0. The molecule has 11 saturated carbocycles. The van der Waals surface area contributed by atoms with Gasteiger partial charge in [0.05, 0.1) is 67.1 Å². The van der Waals surface area contributed by atoms with Crippen molar-refractivity contribution in [3.8, 4) is 0 Å². The first-order chi connectivity index (χ1) is 71.8. The van der Waals surface area contributed by atoms with Gasteiger partial charge in [-0.05, 0) is 375 Å². The first-order valence-electron chi connectivity index (χ1n) is 62.6. The van der Waals surface area contributed by atoms with Crippen LogP contribution in [0.25, 0.3) is 0 Å². The summed E-state index contributed by atoms with van der Waals surface area (Å²) in [6.07, 6.45) is 56.1. The summed E-state index contributed by atoms with van der Waals surface area (Å²) < 4.78 is 58.5. The van der Waals surface area contributed by atoms with Gasteiger partial charge in [0.1, 0.15) is 0 Å². The molecule has 26 heteroatoms. The van der Waals surface area contributed by atoms with E-state index >= 15 is 0 Å². The fraction of sp³-hybridized carbons (Fsp3) is 1.00. The van der Waals surface area contributed by atoms with E-state index in [4.69, 9.17) is 52.1 Å². The predicted molar refractivity (Wildman–Crippen MR) is 620 cm³/mol.